The number of rotatable bonds is 7. The van der Waals surface area contributed by atoms with Crippen LogP contribution >= 0.6 is 22.9 Å². The Balaban J connectivity index is 1.18. The number of aromatic nitrogens is 3. The van der Waals surface area contributed by atoms with Crippen molar-refractivity contribution in [3.05, 3.63) is 53.7 Å². The molecule has 5 aromatic rings. The number of furan rings is 1. The molecule has 0 aliphatic carbocycles. The van der Waals surface area contributed by atoms with Crippen LogP contribution in [0.25, 0.3) is 27.4 Å². The summed E-state index contributed by atoms with van der Waals surface area (Å²) < 4.78 is 24.9. The third kappa shape index (κ3) is 4.44. The third-order valence-corrected chi connectivity index (χ3v) is 7.68. The molecule has 3 aromatic heterocycles. The van der Waals surface area contributed by atoms with E-state index in [1.54, 1.807) is 18.7 Å². The second-order valence-electron chi connectivity index (χ2n) is 8.79. The van der Waals surface area contributed by atoms with Gasteiger partial charge in [0.15, 0.2) is 5.76 Å². The average molecular weight is 525 g/mol. The van der Waals surface area contributed by atoms with E-state index in [0.29, 0.717) is 40.5 Å². The Kier molecular flexibility index (Phi) is 6.10. The van der Waals surface area contributed by atoms with Crippen LogP contribution in [-0.4, -0.2) is 48.5 Å². The van der Waals surface area contributed by atoms with Crippen molar-refractivity contribution in [3.8, 4) is 28.1 Å². The molecule has 6 rings (SSSR count). The zero-order valence-corrected chi connectivity index (χ0v) is 21.5. The van der Waals surface area contributed by atoms with E-state index in [9.17, 15) is 0 Å². The van der Waals surface area contributed by atoms with Crippen molar-refractivity contribution in [1.29, 1.82) is 0 Å². The molecule has 0 unspecified atom stereocenters. The molecular weight excluding hydrogens is 500 g/mol. The van der Waals surface area contributed by atoms with Gasteiger partial charge in [-0.3, -0.25) is 0 Å². The molecule has 1 aliphatic rings. The Morgan fingerprint density at radius 1 is 1.08 bits per heavy atom. The van der Waals surface area contributed by atoms with Crippen LogP contribution in [0.15, 0.2) is 53.1 Å². The summed E-state index contributed by atoms with van der Waals surface area (Å²) in [4.78, 5) is 7.78. The van der Waals surface area contributed by atoms with E-state index >= 15 is 0 Å². The van der Waals surface area contributed by atoms with Crippen LogP contribution in [0.1, 0.15) is 12.8 Å². The van der Waals surface area contributed by atoms with Gasteiger partial charge in [-0.05, 0) is 60.4 Å². The zero-order chi connectivity index (χ0) is 24.6. The molecule has 0 radical (unpaired) electrons. The van der Waals surface area contributed by atoms with E-state index in [1.807, 2.05) is 36.5 Å². The molecule has 0 bridgehead atoms. The molecule has 8 nitrogen and oxygen atoms in total. The van der Waals surface area contributed by atoms with Crippen molar-refractivity contribution in [1.82, 2.24) is 14.6 Å². The van der Waals surface area contributed by atoms with Crippen LogP contribution in [0.5, 0.6) is 16.7 Å². The lowest BCUT2D eigenvalue weighted by Crippen LogP contribution is -2.35. The van der Waals surface area contributed by atoms with Gasteiger partial charge in [0.25, 0.3) is 5.19 Å². The smallest absolute Gasteiger partial charge is 0.294 e. The van der Waals surface area contributed by atoms with Gasteiger partial charge < -0.3 is 23.5 Å². The molecule has 1 fully saturated rings. The number of imidazole rings is 1. The Bertz CT molecular complexity index is 1470. The summed E-state index contributed by atoms with van der Waals surface area (Å²) in [5.41, 5.74) is 2.61. The highest BCUT2D eigenvalue weighted by molar-refractivity contribution is 7.18. The molecule has 1 aliphatic heterocycles. The van der Waals surface area contributed by atoms with Crippen LogP contribution in [0.4, 0.5) is 5.69 Å². The number of halogens is 1. The first-order chi connectivity index (χ1) is 17.6. The van der Waals surface area contributed by atoms with Crippen molar-refractivity contribution in [2.75, 3.05) is 38.8 Å². The Morgan fingerprint density at radius 3 is 2.61 bits per heavy atom. The number of fused-ring (bicyclic) bond motifs is 2. The zero-order valence-electron chi connectivity index (χ0n) is 19.9. The van der Waals surface area contributed by atoms with Gasteiger partial charge in [0, 0.05) is 35.9 Å². The van der Waals surface area contributed by atoms with Gasteiger partial charge in [-0.2, -0.15) is 0 Å². The maximum Gasteiger partial charge on any atom is 0.294 e. The van der Waals surface area contributed by atoms with Gasteiger partial charge in [0.2, 0.25) is 4.96 Å². The first kappa shape index (κ1) is 23.0. The lowest BCUT2D eigenvalue weighted by molar-refractivity contribution is 0.224. The van der Waals surface area contributed by atoms with E-state index < -0.39 is 0 Å². The Hall–Kier alpha value is -3.43. The number of ether oxygens (including phenoxy) is 3. The lowest BCUT2D eigenvalue weighted by Gasteiger charge is -2.33. The molecule has 2 aromatic carbocycles. The number of anilines is 1. The lowest BCUT2D eigenvalue weighted by atomic mass is 9.97. The van der Waals surface area contributed by atoms with E-state index in [-0.39, 0.29) is 0 Å². The second-order valence-corrected chi connectivity index (χ2v) is 10.1. The van der Waals surface area contributed by atoms with Crippen LogP contribution in [0.2, 0.25) is 5.02 Å². The SMILES string of the molecule is COc1cc(OCC2CCN(c3ccc(Cl)cc3)CC2)c2cc(-c3cn4nc(OC)sc4n3)oc2c1. The standard InChI is InChI=1S/C26H25ClN4O4S/c1-32-19-11-22(34-15-16-7-9-30(10-8-16)18-5-3-17(27)4-6-18)20-13-24(35-23(20)12-19)21-14-31-25(28-21)36-26(29-31)33-2/h3-6,11-14,16H,7-10,15H2,1-2H3. The van der Waals surface area contributed by atoms with Crippen LogP contribution in [0.3, 0.4) is 0 Å². The van der Waals surface area contributed by atoms with Gasteiger partial charge in [0.1, 0.15) is 22.8 Å². The number of benzene rings is 2. The minimum atomic E-state index is 0.474. The molecule has 36 heavy (non-hydrogen) atoms. The molecule has 0 N–H and O–H groups in total. The predicted octanol–water partition coefficient (Wildman–Crippen LogP) is 6.17. The predicted molar refractivity (Wildman–Crippen MR) is 141 cm³/mol. The molecule has 0 spiro atoms. The van der Waals surface area contributed by atoms with Gasteiger partial charge in [-0.1, -0.05) is 11.6 Å². The van der Waals surface area contributed by atoms with Crippen molar-refractivity contribution < 1.29 is 18.6 Å². The van der Waals surface area contributed by atoms with Crippen molar-refractivity contribution in [2.45, 2.75) is 12.8 Å². The van der Waals surface area contributed by atoms with Crippen LogP contribution in [-0.2, 0) is 0 Å². The van der Waals surface area contributed by atoms with Crippen molar-refractivity contribution in [2.24, 2.45) is 5.92 Å². The largest absolute Gasteiger partial charge is 0.496 e. The van der Waals surface area contributed by atoms with Gasteiger partial charge in [0.05, 0.1) is 32.4 Å². The average Bonchev–Trinajstić information content (AvgIpc) is 3.61. The molecule has 10 heteroatoms. The van der Waals surface area contributed by atoms with Gasteiger partial charge in [-0.15, -0.1) is 5.10 Å². The summed E-state index contributed by atoms with van der Waals surface area (Å²) in [7, 11) is 3.24. The van der Waals surface area contributed by atoms with E-state index in [2.05, 4.69) is 27.1 Å². The number of hydrogen-bond donors (Lipinski definition) is 0. The molecule has 0 atom stereocenters. The minimum absolute atomic E-state index is 0.474. The normalized spacial score (nSPS) is 14.6. The van der Waals surface area contributed by atoms with E-state index in [0.717, 1.165) is 47.1 Å². The fourth-order valence-corrected chi connectivity index (χ4v) is 5.37. The second kappa shape index (κ2) is 9.55. The summed E-state index contributed by atoms with van der Waals surface area (Å²) in [5, 5.41) is 6.56. The summed E-state index contributed by atoms with van der Waals surface area (Å²) in [5.74, 6) is 2.56. The summed E-state index contributed by atoms with van der Waals surface area (Å²) in [6, 6.07) is 13.8. The maximum atomic E-state index is 6.35. The van der Waals surface area contributed by atoms with Crippen LogP contribution < -0.4 is 19.1 Å². The number of nitrogens with zero attached hydrogens (tertiary/aromatic N) is 4. The summed E-state index contributed by atoms with van der Waals surface area (Å²) in [6.07, 6.45) is 3.96. The van der Waals surface area contributed by atoms with Gasteiger partial charge >= 0.3 is 0 Å². The monoisotopic (exact) mass is 524 g/mol. The van der Waals surface area contributed by atoms with Crippen molar-refractivity contribution in [3.63, 3.8) is 0 Å². The fraction of sp³-hybridized carbons (Fsp3) is 0.308. The number of methoxy groups -OCH3 is 2. The quantitative estimate of drug-likeness (QED) is 0.252. The summed E-state index contributed by atoms with van der Waals surface area (Å²) >= 11 is 7.41. The highest BCUT2D eigenvalue weighted by Crippen LogP contribution is 2.38. The molecule has 1 saturated heterocycles. The highest BCUT2D eigenvalue weighted by atomic mass is 35.5. The third-order valence-electron chi connectivity index (χ3n) is 6.54. The summed E-state index contributed by atoms with van der Waals surface area (Å²) in [6.45, 7) is 2.63. The van der Waals surface area contributed by atoms with E-state index in [1.165, 1.54) is 17.0 Å². The molecule has 186 valence electrons. The van der Waals surface area contributed by atoms with Crippen LogP contribution in [0, 0.1) is 5.92 Å². The maximum absolute atomic E-state index is 6.35. The minimum Gasteiger partial charge on any atom is -0.496 e. The fourth-order valence-electron chi connectivity index (χ4n) is 4.55. The van der Waals surface area contributed by atoms with Crippen molar-refractivity contribution >= 4 is 44.6 Å². The molecule has 0 saturated carbocycles. The Morgan fingerprint density at radius 2 is 1.89 bits per heavy atom. The highest BCUT2D eigenvalue weighted by Gasteiger charge is 2.22. The molecular formula is C26H25ClN4O4S. The number of piperidine rings is 1. The number of hydrogen-bond acceptors (Lipinski definition) is 8. The van der Waals surface area contributed by atoms with Gasteiger partial charge in [-0.25, -0.2) is 9.50 Å². The molecule has 0 amide bonds. The topological polar surface area (TPSA) is 74.3 Å². The van der Waals surface area contributed by atoms with E-state index in [4.69, 9.17) is 30.2 Å². The Labute approximate surface area is 217 Å². The molecule has 4 heterocycles. The first-order valence-corrected chi connectivity index (χ1v) is 12.9. The first-order valence-electron chi connectivity index (χ1n) is 11.7.